The predicted molar refractivity (Wildman–Crippen MR) is 117 cm³/mol. The van der Waals surface area contributed by atoms with Crippen molar-refractivity contribution in [2.24, 2.45) is 5.41 Å². The molecule has 0 radical (unpaired) electrons. The Morgan fingerprint density at radius 2 is 1.62 bits per heavy atom. The van der Waals surface area contributed by atoms with Gasteiger partial charge in [-0.1, -0.05) is 85.8 Å². The van der Waals surface area contributed by atoms with E-state index in [1.807, 2.05) is 60.7 Å². The van der Waals surface area contributed by atoms with Crippen LogP contribution in [0, 0.1) is 5.41 Å². The van der Waals surface area contributed by atoms with Gasteiger partial charge in [-0.2, -0.15) is 0 Å². The second kappa shape index (κ2) is 7.91. The van der Waals surface area contributed by atoms with Crippen molar-refractivity contribution in [3.05, 3.63) is 82.4 Å². The quantitative estimate of drug-likeness (QED) is 0.614. The van der Waals surface area contributed by atoms with Gasteiger partial charge in [-0.15, -0.1) is 0 Å². The number of rotatable bonds is 5. The first kappa shape index (κ1) is 19.5. The molecule has 2 aromatic carbocycles. The topological polar surface area (TPSA) is 59.1 Å². The molecule has 0 bridgehead atoms. The van der Waals surface area contributed by atoms with Crippen molar-refractivity contribution in [3.8, 4) is 0 Å². The molecule has 1 amide bonds. The molecular weight excluding hydrogens is 380 g/mol. The van der Waals surface area contributed by atoms with Crippen LogP contribution in [0.4, 0.5) is 5.13 Å². The summed E-state index contributed by atoms with van der Waals surface area (Å²) in [5.41, 5.74) is 2.94. The first-order valence-electron chi connectivity index (χ1n) is 9.84. The van der Waals surface area contributed by atoms with Gasteiger partial charge in [0.1, 0.15) is 0 Å². The highest BCUT2D eigenvalue weighted by Gasteiger charge is 2.34. The third-order valence-electron chi connectivity index (χ3n) is 5.28. The molecule has 1 aliphatic rings. The normalized spacial score (nSPS) is 15.2. The molecule has 4 nitrogen and oxygen atoms in total. The molecule has 5 heteroatoms. The Hall–Kier alpha value is -2.79. The van der Waals surface area contributed by atoms with E-state index >= 15 is 0 Å². The Labute approximate surface area is 175 Å². The van der Waals surface area contributed by atoms with Crippen LogP contribution in [0.25, 0.3) is 0 Å². The number of hydrogen-bond donors (Lipinski definition) is 1. The summed E-state index contributed by atoms with van der Waals surface area (Å²) in [5.74, 6) is -0.00578. The Kier molecular flexibility index (Phi) is 5.33. The zero-order chi connectivity index (χ0) is 20.4. The number of hydrogen-bond acceptors (Lipinski definition) is 4. The highest BCUT2D eigenvalue weighted by atomic mass is 32.1. The fourth-order valence-corrected chi connectivity index (χ4v) is 4.86. The number of carbonyl (C=O) groups is 2. The van der Waals surface area contributed by atoms with E-state index in [9.17, 15) is 9.59 Å². The Bertz CT molecular complexity index is 986. The first-order valence-corrected chi connectivity index (χ1v) is 10.7. The lowest BCUT2D eigenvalue weighted by atomic mass is 9.78. The van der Waals surface area contributed by atoms with E-state index in [-0.39, 0.29) is 23.0 Å². The standard InChI is InChI=1S/C24H24N2O2S/c1-24(2)14-19-22(20(27)15-24)29-23(25-19)26-21(28)13-18(16-9-5-3-6-10-16)17-11-7-4-8-12-17/h3-12,18H,13-15H2,1-2H3,(H,25,26,28). The summed E-state index contributed by atoms with van der Waals surface area (Å²) in [7, 11) is 0. The predicted octanol–water partition coefficient (Wildman–Crippen LogP) is 5.46. The lowest BCUT2D eigenvalue weighted by molar-refractivity contribution is -0.116. The maximum atomic E-state index is 12.9. The minimum absolute atomic E-state index is 0.0347. The summed E-state index contributed by atoms with van der Waals surface area (Å²) < 4.78 is 0. The monoisotopic (exact) mass is 404 g/mol. The molecule has 4 rings (SSSR count). The molecule has 148 valence electrons. The number of benzene rings is 2. The zero-order valence-corrected chi connectivity index (χ0v) is 17.5. The fourth-order valence-electron chi connectivity index (χ4n) is 3.93. The number of aromatic nitrogens is 1. The van der Waals surface area contributed by atoms with Gasteiger partial charge in [-0.25, -0.2) is 4.98 Å². The highest BCUT2D eigenvalue weighted by molar-refractivity contribution is 7.17. The molecule has 0 spiro atoms. The molecule has 0 unspecified atom stereocenters. The van der Waals surface area contributed by atoms with E-state index in [1.54, 1.807) is 0 Å². The van der Waals surface area contributed by atoms with Gasteiger partial charge in [0.05, 0.1) is 10.6 Å². The molecular formula is C24H24N2O2S. The third kappa shape index (κ3) is 4.46. The van der Waals surface area contributed by atoms with E-state index < -0.39 is 0 Å². The third-order valence-corrected chi connectivity index (χ3v) is 6.33. The lowest BCUT2D eigenvalue weighted by Crippen LogP contribution is -2.26. The summed E-state index contributed by atoms with van der Waals surface area (Å²) >= 11 is 1.30. The van der Waals surface area contributed by atoms with Crippen LogP contribution in [0.1, 0.15) is 59.1 Å². The Morgan fingerprint density at radius 3 is 2.21 bits per heavy atom. The van der Waals surface area contributed by atoms with Crippen LogP contribution in [0.3, 0.4) is 0 Å². The summed E-state index contributed by atoms with van der Waals surface area (Å²) in [4.78, 5) is 30.5. The molecule has 29 heavy (non-hydrogen) atoms. The molecule has 0 fully saturated rings. The molecule has 3 aromatic rings. The molecule has 0 aliphatic heterocycles. The average Bonchev–Trinajstić information content (AvgIpc) is 3.09. The largest absolute Gasteiger partial charge is 0.302 e. The molecule has 0 saturated heterocycles. The molecule has 0 saturated carbocycles. The highest BCUT2D eigenvalue weighted by Crippen LogP contribution is 2.38. The number of Topliss-reactive ketones (excluding diaryl/α,β-unsaturated/α-hetero) is 1. The van der Waals surface area contributed by atoms with E-state index in [2.05, 4.69) is 24.1 Å². The number of ketones is 1. The van der Waals surface area contributed by atoms with Gasteiger partial charge in [0.25, 0.3) is 0 Å². The number of amides is 1. The van der Waals surface area contributed by atoms with E-state index in [0.29, 0.717) is 22.9 Å². The van der Waals surface area contributed by atoms with Crippen LogP contribution in [-0.4, -0.2) is 16.7 Å². The van der Waals surface area contributed by atoms with Gasteiger partial charge in [0.2, 0.25) is 5.91 Å². The van der Waals surface area contributed by atoms with Crippen LogP contribution in [0.5, 0.6) is 0 Å². The maximum absolute atomic E-state index is 12.9. The van der Waals surface area contributed by atoms with E-state index in [4.69, 9.17) is 0 Å². The second-order valence-corrected chi connectivity index (χ2v) is 9.36. The molecule has 1 N–H and O–H groups in total. The van der Waals surface area contributed by atoms with Crippen LogP contribution >= 0.6 is 11.3 Å². The molecule has 0 atom stereocenters. The van der Waals surface area contributed by atoms with Crippen LogP contribution in [0.15, 0.2) is 60.7 Å². The minimum atomic E-state index is -0.0967. The van der Waals surface area contributed by atoms with Gasteiger partial charge >= 0.3 is 0 Å². The van der Waals surface area contributed by atoms with Gasteiger partial charge in [0.15, 0.2) is 10.9 Å². The SMILES string of the molecule is CC1(C)CC(=O)c2sc(NC(=O)CC(c3ccccc3)c3ccccc3)nc2C1. The lowest BCUT2D eigenvalue weighted by Gasteiger charge is -2.26. The minimum Gasteiger partial charge on any atom is -0.302 e. The summed E-state index contributed by atoms with van der Waals surface area (Å²) in [6, 6.07) is 20.1. The second-order valence-electron chi connectivity index (χ2n) is 8.36. The maximum Gasteiger partial charge on any atom is 0.227 e. The Morgan fingerprint density at radius 1 is 1.03 bits per heavy atom. The fraction of sp³-hybridized carbons (Fsp3) is 0.292. The number of nitrogens with zero attached hydrogens (tertiary/aromatic N) is 1. The number of carbonyl (C=O) groups excluding carboxylic acids is 2. The van der Waals surface area contributed by atoms with Crippen molar-refractivity contribution in [2.75, 3.05) is 5.32 Å². The van der Waals surface area contributed by atoms with Crippen LogP contribution in [0.2, 0.25) is 0 Å². The zero-order valence-electron chi connectivity index (χ0n) is 16.6. The van der Waals surface area contributed by atoms with E-state index in [1.165, 1.54) is 11.3 Å². The number of anilines is 1. The number of fused-ring (bicyclic) bond motifs is 1. The van der Waals surface area contributed by atoms with Gasteiger partial charge < -0.3 is 5.32 Å². The number of thiazole rings is 1. The van der Waals surface area contributed by atoms with Crippen LogP contribution in [-0.2, 0) is 11.2 Å². The summed E-state index contributed by atoms with van der Waals surface area (Å²) in [6.45, 7) is 4.16. The van der Waals surface area contributed by atoms with Gasteiger partial charge in [0, 0.05) is 18.8 Å². The van der Waals surface area contributed by atoms with Crippen molar-refractivity contribution in [1.29, 1.82) is 0 Å². The summed E-state index contributed by atoms with van der Waals surface area (Å²) in [6.07, 6.45) is 1.61. The van der Waals surface area contributed by atoms with E-state index in [0.717, 1.165) is 23.2 Å². The van der Waals surface area contributed by atoms with Crippen molar-refractivity contribution in [3.63, 3.8) is 0 Å². The smallest absolute Gasteiger partial charge is 0.227 e. The van der Waals surface area contributed by atoms with Crippen molar-refractivity contribution >= 4 is 28.2 Å². The Balaban J connectivity index is 1.53. The van der Waals surface area contributed by atoms with Crippen molar-refractivity contribution in [2.45, 2.75) is 39.0 Å². The average molecular weight is 405 g/mol. The molecule has 1 aliphatic carbocycles. The summed E-state index contributed by atoms with van der Waals surface area (Å²) in [5, 5.41) is 3.45. The van der Waals surface area contributed by atoms with Gasteiger partial charge in [-0.3, -0.25) is 9.59 Å². The van der Waals surface area contributed by atoms with Gasteiger partial charge in [-0.05, 0) is 23.0 Å². The van der Waals surface area contributed by atoms with Crippen molar-refractivity contribution in [1.82, 2.24) is 4.98 Å². The number of nitrogens with one attached hydrogen (secondary N) is 1. The molecule has 1 heterocycles. The first-order chi connectivity index (χ1) is 13.9. The van der Waals surface area contributed by atoms with Crippen molar-refractivity contribution < 1.29 is 9.59 Å². The molecule has 1 aromatic heterocycles. The van der Waals surface area contributed by atoms with Crippen LogP contribution < -0.4 is 5.32 Å².